The van der Waals surface area contributed by atoms with Crippen LogP contribution in [-0.2, 0) is 20.4 Å². The Morgan fingerprint density at radius 3 is 1.28 bits per heavy atom. The van der Waals surface area contributed by atoms with Gasteiger partial charge in [0.15, 0.2) is 0 Å². The normalized spacial score (nSPS) is 18.8. The van der Waals surface area contributed by atoms with Gasteiger partial charge in [-0.25, -0.2) is 0 Å². The summed E-state index contributed by atoms with van der Waals surface area (Å²) in [5, 5.41) is 0. The molecule has 0 saturated heterocycles. The van der Waals surface area contributed by atoms with Gasteiger partial charge in [-0.2, -0.15) is 0 Å². The first-order valence-electron chi connectivity index (χ1n) is 11.3. The zero-order chi connectivity index (χ0) is 21.8. The van der Waals surface area contributed by atoms with Crippen LogP contribution in [0.2, 0.25) is 13.1 Å². The van der Waals surface area contributed by atoms with Gasteiger partial charge in [-0.1, -0.05) is 0 Å². The van der Waals surface area contributed by atoms with Crippen molar-refractivity contribution in [2.75, 3.05) is 0 Å². The van der Waals surface area contributed by atoms with Gasteiger partial charge in [-0.3, -0.25) is 0 Å². The minimum absolute atomic E-state index is 0. The summed E-state index contributed by atoms with van der Waals surface area (Å²) in [6.45, 7) is 19.8. The van der Waals surface area contributed by atoms with Crippen molar-refractivity contribution >= 4 is 17.6 Å². The van der Waals surface area contributed by atoms with Gasteiger partial charge in [0, 0.05) is 0 Å². The summed E-state index contributed by atoms with van der Waals surface area (Å²) in [6, 6.07) is 18.6. The molecule has 2 aliphatic rings. The maximum Gasteiger partial charge on any atom is -1.00 e. The fraction of sp³-hybridized carbons (Fsp3) is 0.429. The maximum absolute atomic E-state index is 2.63. The van der Waals surface area contributed by atoms with E-state index in [9.17, 15) is 0 Å². The van der Waals surface area contributed by atoms with Crippen LogP contribution in [0.3, 0.4) is 0 Å². The monoisotopic (exact) mass is 560 g/mol. The van der Waals surface area contributed by atoms with Crippen molar-refractivity contribution in [2.45, 2.75) is 61.9 Å². The molecule has 2 aliphatic carbocycles. The molecular weight excluding hydrogens is 527 g/mol. The Balaban J connectivity index is 0.00000181. The molecule has 0 spiro atoms. The molecule has 170 valence electrons. The van der Waals surface area contributed by atoms with Crippen molar-refractivity contribution in [2.24, 2.45) is 10.8 Å². The van der Waals surface area contributed by atoms with Crippen molar-refractivity contribution < 1.29 is 45.2 Å². The van der Waals surface area contributed by atoms with Crippen LogP contribution in [0.4, 0.5) is 0 Å². The second kappa shape index (κ2) is 10.1. The Labute approximate surface area is 216 Å². The van der Waals surface area contributed by atoms with Crippen LogP contribution in [0, 0.1) is 10.8 Å². The third-order valence-corrected chi connectivity index (χ3v) is 26.0. The predicted octanol–water partition coefficient (Wildman–Crippen LogP) is 2.23. The molecule has 4 rings (SSSR count). The molecule has 32 heavy (non-hydrogen) atoms. The quantitative estimate of drug-likeness (QED) is 0.493. The van der Waals surface area contributed by atoms with Gasteiger partial charge >= 0.3 is 193 Å². The number of allylic oxidation sites excluding steroid dienone is 2. The molecule has 2 atom stereocenters. The number of hydrogen-bond donors (Lipinski definition) is 0. The molecule has 2 unspecified atom stereocenters. The first-order valence-corrected chi connectivity index (χ1v) is 20.3. The Bertz CT molecular complexity index is 1010. The molecular formula is C28H36Cl2SiZr. The minimum Gasteiger partial charge on any atom is -1.00 e. The smallest absolute Gasteiger partial charge is 1.00 e. The molecule has 0 N–H and O–H groups in total. The number of rotatable bonds is 2. The van der Waals surface area contributed by atoms with E-state index < -0.39 is 25.8 Å². The van der Waals surface area contributed by atoms with E-state index in [2.05, 4.69) is 115 Å². The molecule has 0 saturated carbocycles. The standard InChI is InChI=1S/2C13H15.C2H6Si.2ClH.Zr/c2*1-13(2,3)12-8-10-6-4-5-7-11(10)9-12;1-3-2;;;/h2*4-9H,1-3H3;1-2H3;2*1H;/q;;;;;+2/p-2. The number of hydrogen-bond acceptors (Lipinski definition) is 0. The first kappa shape index (κ1) is 27.8. The summed E-state index contributed by atoms with van der Waals surface area (Å²) < 4.78 is 1.41. The van der Waals surface area contributed by atoms with E-state index in [1.165, 1.54) is 11.1 Å². The number of benzene rings is 2. The Morgan fingerprint density at radius 1 is 0.625 bits per heavy atom. The topological polar surface area (TPSA) is 0 Å². The van der Waals surface area contributed by atoms with Crippen molar-refractivity contribution in [3.8, 4) is 0 Å². The van der Waals surface area contributed by atoms with Gasteiger partial charge in [0.25, 0.3) is 0 Å². The molecule has 0 fully saturated rings. The Hall–Kier alpha value is -0.400. The molecule has 0 heterocycles. The van der Waals surface area contributed by atoms with E-state index in [1.54, 1.807) is 22.3 Å². The molecule has 0 aromatic heterocycles. The summed E-state index contributed by atoms with van der Waals surface area (Å²) in [6.07, 6.45) is 5.12. The fourth-order valence-electron chi connectivity index (χ4n) is 5.36. The predicted molar refractivity (Wildman–Crippen MR) is 131 cm³/mol. The zero-order valence-electron chi connectivity index (χ0n) is 20.7. The van der Waals surface area contributed by atoms with Gasteiger partial charge in [-0.05, 0) is 0 Å². The molecule has 0 bridgehead atoms. The average molecular weight is 563 g/mol. The maximum atomic E-state index is 2.63. The van der Waals surface area contributed by atoms with E-state index in [0.717, 1.165) is 0 Å². The summed E-state index contributed by atoms with van der Waals surface area (Å²) in [5.41, 5.74) is 9.72. The largest absolute Gasteiger partial charge is 1.00 e. The summed E-state index contributed by atoms with van der Waals surface area (Å²) >= 11 is -2.02. The third-order valence-electron chi connectivity index (χ3n) is 6.79. The average Bonchev–Trinajstić information content (AvgIpc) is 3.22. The van der Waals surface area contributed by atoms with E-state index in [0.29, 0.717) is 7.25 Å². The molecule has 2 aromatic carbocycles. The molecule has 0 radical (unpaired) electrons. The van der Waals surface area contributed by atoms with Crippen LogP contribution in [0.1, 0.15) is 71.0 Å². The van der Waals surface area contributed by atoms with E-state index in [1.807, 2.05) is 0 Å². The summed E-state index contributed by atoms with van der Waals surface area (Å²) in [5.74, 6) is 0. The third kappa shape index (κ3) is 5.00. The number of fused-ring (bicyclic) bond motifs is 2. The van der Waals surface area contributed by atoms with Crippen molar-refractivity contribution in [3.05, 3.63) is 81.9 Å². The van der Waals surface area contributed by atoms with Crippen LogP contribution in [0.5, 0.6) is 0 Å². The molecule has 0 aliphatic heterocycles. The number of halogens is 2. The van der Waals surface area contributed by atoms with Crippen molar-refractivity contribution in [3.63, 3.8) is 0 Å². The molecule has 0 nitrogen and oxygen atoms in total. The van der Waals surface area contributed by atoms with Crippen LogP contribution < -0.4 is 24.8 Å². The summed E-state index contributed by atoms with van der Waals surface area (Å²) in [4.78, 5) is 0. The van der Waals surface area contributed by atoms with E-state index in [4.69, 9.17) is 0 Å². The SMILES string of the molecule is C[Si](C)=[Zr+2]([CH]1C(C(C)(C)C)=Cc2ccccc21)[CH]1C(C(C)(C)C)=Cc2ccccc21.[Cl-].[Cl-]. The van der Waals surface area contributed by atoms with Gasteiger partial charge in [-0.15, -0.1) is 0 Å². The zero-order valence-corrected chi connectivity index (χ0v) is 25.7. The van der Waals surface area contributed by atoms with E-state index >= 15 is 0 Å². The van der Waals surface area contributed by atoms with Gasteiger partial charge in [0.1, 0.15) is 0 Å². The fourth-order valence-corrected chi connectivity index (χ4v) is 26.7. The Morgan fingerprint density at radius 2 is 0.969 bits per heavy atom. The van der Waals surface area contributed by atoms with Crippen molar-refractivity contribution in [1.82, 2.24) is 0 Å². The second-order valence-electron chi connectivity index (χ2n) is 11.3. The molecule has 0 amide bonds. The minimum atomic E-state index is -2.02. The van der Waals surface area contributed by atoms with E-state index in [-0.39, 0.29) is 35.6 Å². The van der Waals surface area contributed by atoms with Gasteiger partial charge < -0.3 is 24.8 Å². The van der Waals surface area contributed by atoms with Crippen LogP contribution in [0.25, 0.3) is 12.2 Å². The van der Waals surface area contributed by atoms with Crippen LogP contribution in [0.15, 0.2) is 59.7 Å². The van der Waals surface area contributed by atoms with Gasteiger partial charge in [0.2, 0.25) is 0 Å². The second-order valence-corrected chi connectivity index (χ2v) is 29.1. The summed E-state index contributed by atoms with van der Waals surface area (Å²) in [7, 11) is 0. The molecule has 2 aromatic rings. The van der Waals surface area contributed by atoms with Crippen molar-refractivity contribution in [1.29, 1.82) is 0 Å². The Kier molecular flexibility index (Phi) is 8.76. The van der Waals surface area contributed by atoms with Gasteiger partial charge in [0.05, 0.1) is 0 Å². The first-order chi connectivity index (χ1) is 14.0. The van der Waals surface area contributed by atoms with Crippen LogP contribution >= 0.6 is 0 Å². The van der Waals surface area contributed by atoms with Crippen LogP contribution in [-0.4, -0.2) is 5.43 Å². The molecule has 4 heteroatoms.